The van der Waals surface area contributed by atoms with E-state index in [9.17, 15) is 9.90 Å². The van der Waals surface area contributed by atoms with E-state index in [4.69, 9.17) is 16.3 Å². The van der Waals surface area contributed by atoms with E-state index < -0.39 is 5.97 Å². The van der Waals surface area contributed by atoms with Gasteiger partial charge in [0.2, 0.25) is 0 Å². The van der Waals surface area contributed by atoms with Crippen LogP contribution in [0.1, 0.15) is 32.9 Å². The lowest BCUT2D eigenvalue weighted by atomic mass is 10.0. The normalized spacial score (nSPS) is 14.5. The number of carbonyl (C=O) groups is 1. The van der Waals surface area contributed by atoms with Gasteiger partial charge in [-0.1, -0.05) is 18.2 Å². The Kier molecular flexibility index (Phi) is 5.48. The smallest absolute Gasteiger partial charge is 0.338 e. The number of anilines is 1. The van der Waals surface area contributed by atoms with E-state index in [1.54, 1.807) is 6.07 Å². The van der Waals surface area contributed by atoms with Crippen molar-refractivity contribution in [2.75, 3.05) is 31.2 Å². The van der Waals surface area contributed by atoms with E-state index in [0.29, 0.717) is 31.2 Å². The SMILES string of the molecule is Cc1c(CCl)cccc1Cn1c(C)nc2c(C(=O)O)cc(N3CCOCC3)cc21. The Bertz CT molecular complexity index is 1070. The van der Waals surface area contributed by atoms with Crippen molar-refractivity contribution in [1.29, 1.82) is 0 Å². The van der Waals surface area contributed by atoms with E-state index in [0.717, 1.165) is 46.8 Å². The number of rotatable bonds is 5. The van der Waals surface area contributed by atoms with Crippen LogP contribution in [0.15, 0.2) is 30.3 Å². The molecular formula is C22H24ClN3O3. The molecule has 1 saturated heterocycles. The summed E-state index contributed by atoms with van der Waals surface area (Å²) < 4.78 is 7.53. The van der Waals surface area contributed by atoms with Gasteiger partial charge in [0.15, 0.2) is 0 Å². The lowest BCUT2D eigenvalue weighted by Crippen LogP contribution is -2.36. The fourth-order valence-corrected chi connectivity index (χ4v) is 4.20. The topological polar surface area (TPSA) is 67.6 Å². The number of ether oxygens (including phenoxy) is 1. The molecule has 29 heavy (non-hydrogen) atoms. The Morgan fingerprint density at radius 1 is 1.21 bits per heavy atom. The van der Waals surface area contributed by atoms with Crippen LogP contribution >= 0.6 is 11.6 Å². The molecule has 1 N–H and O–H groups in total. The molecule has 0 bridgehead atoms. The second-order valence-electron chi connectivity index (χ2n) is 7.35. The minimum Gasteiger partial charge on any atom is -0.478 e. The van der Waals surface area contributed by atoms with Gasteiger partial charge in [0.1, 0.15) is 11.3 Å². The third kappa shape index (κ3) is 3.70. The number of aryl methyl sites for hydroxylation is 1. The summed E-state index contributed by atoms with van der Waals surface area (Å²) in [5.41, 5.74) is 5.90. The summed E-state index contributed by atoms with van der Waals surface area (Å²) in [7, 11) is 0. The number of benzene rings is 2. The molecule has 7 heteroatoms. The lowest BCUT2D eigenvalue weighted by Gasteiger charge is -2.29. The Morgan fingerprint density at radius 2 is 1.93 bits per heavy atom. The van der Waals surface area contributed by atoms with Gasteiger partial charge >= 0.3 is 5.97 Å². The monoisotopic (exact) mass is 413 g/mol. The van der Waals surface area contributed by atoms with Gasteiger partial charge < -0.3 is 19.3 Å². The van der Waals surface area contributed by atoms with E-state index >= 15 is 0 Å². The number of aromatic nitrogens is 2. The predicted molar refractivity (Wildman–Crippen MR) is 114 cm³/mol. The van der Waals surface area contributed by atoms with Gasteiger partial charge in [-0.15, -0.1) is 11.6 Å². The van der Waals surface area contributed by atoms with Crippen molar-refractivity contribution in [3.63, 3.8) is 0 Å². The van der Waals surface area contributed by atoms with Gasteiger partial charge in [0.25, 0.3) is 0 Å². The van der Waals surface area contributed by atoms with Crippen molar-refractivity contribution in [2.24, 2.45) is 0 Å². The average Bonchev–Trinajstić information content (AvgIpc) is 3.04. The highest BCUT2D eigenvalue weighted by Crippen LogP contribution is 2.29. The Morgan fingerprint density at radius 3 is 2.62 bits per heavy atom. The number of hydrogen-bond donors (Lipinski definition) is 1. The molecule has 152 valence electrons. The number of halogens is 1. The molecule has 0 amide bonds. The van der Waals surface area contributed by atoms with Gasteiger partial charge in [0, 0.05) is 31.2 Å². The van der Waals surface area contributed by atoms with Crippen LogP contribution in [0, 0.1) is 13.8 Å². The Hall–Kier alpha value is -2.57. The van der Waals surface area contributed by atoms with Crippen molar-refractivity contribution < 1.29 is 14.6 Å². The summed E-state index contributed by atoms with van der Waals surface area (Å²) in [6.45, 7) is 7.38. The molecule has 1 fully saturated rings. The molecule has 3 aromatic rings. The number of fused-ring (bicyclic) bond motifs is 1. The molecule has 0 atom stereocenters. The molecule has 1 aliphatic heterocycles. The number of alkyl halides is 1. The number of carboxylic acid groups (broad SMARTS) is 1. The van der Waals surface area contributed by atoms with Gasteiger partial charge in [-0.2, -0.15) is 0 Å². The second-order valence-corrected chi connectivity index (χ2v) is 7.61. The molecule has 0 spiro atoms. The maximum atomic E-state index is 12.0. The molecule has 2 heterocycles. The van der Waals surface area contributed by atoms with Crippen molar-refractivity contribution in [2.45, 2.75) is 26.3 Å². The molecule has 4 rings (SSSR count). The maximum absolute atomic E-state index is 12.0. The minimum atomic E-state index is -0.963. The van der Waals surface area contributed by atoms with Crippen LogP contribution in [0.2, 0.25) is 0 Å². The Labute approximate surface area is 174 Å². The van der Waals surface area contributed by atoms with Crippen molar-refractivity contribution in [3.8, 4) is 0 Å². The lowest BCUT2D eigenvalue weighted by molar-refractivity contribution is 0.0699. The molecule has 1 aromatic heterocycles. The molecule has 0 saturated carbocycles. The van der Waals surface area contributed by atoms with Crippen LogP contribution in [0.5, 0.6) is 0 Å². The van der Waals surface area contributed by atoms with Gasteiger partial charge in [-0.05, 0) is 42.7 Å². The fourth-order valence-electron chi connectivity index (χ4n) is 3.91. The van der Waals surface area contributed by atoms with Crippen LogP contribution in [0.3, 0.4) is 0 Å². The zero-order valence-corrected chi connectivity index (χ0v) is 17.4. The summed E-state index contributed by atoms with van der Waals surface area (Å²) in [5, 5.41) is 9.80. The molecule has 0 aliphatic carbocycles. The first kappa shape index (κ1) is 19.7. The maximum Gasteiger partial charge on any atom is 0.338 e. The zero-order chi connectivity index (χ0) is 20.5. The first-order chi connectivity index (χ1) is 14.0. The van der Waals surface area contributed by atoms with Gasteiger partial charge in [-0.3, -0.25) is 0 Å². The van der Waals surface area contributed by atoms with Crippen molar-refractivity contribution >= 4 is 34.3 Å². The van der Waals surface area contributed by atoms with Crippen molar-refractivity contribution in [1.82, 2.24) is 9.55 Å². The molecule has 6 nitrogen and oxygen atoms in total. The third-order valence-corrected chi connectivity index (χ3v) is 5.95. The second kappa shape index (κ2) is 8.05. The van der Waals surface area contributed by atoms with E-state index in [1.165, 1.54) is 0 Å². The largest absolute Gasteiger partial charge is 0.478 e. The zero-order valence-electron chi connectivity index (χ0n) is 16.6. The Balaban J connectivity index is 1.85. The van der Waals surface area contributed by atoms with E-state index in [1.807, 2.05) is 25.1 Å². The molecular weight excluding hydrogens is 390 g/mol. The standard InChI is InChI=1S/C22H24ClN3O3/c1-14-16(12-23)4-3-5-17(14)13-26-15(2)24-21-19(22(27)28)10-18(11-20(21)26)25-6-8-29-9-7-25/h3-5,10-11H,6-9,12-13H2,1-2H3,(H,27,28). The highest BCUT2D eigenvalue weighted by atomic mass is 35.5. The highest BCUT2D eigenvalue weighted by Gasteiger charge is 2.21. The van der Waals surface area contributed by atoms with Gasteiger partial charge in [0.05, 0.1) is 24.3 Å². The minimum absolute atomic E-state index is 0.233. The van der Waals surface area contributed by atoms with Crippen molar-refractivity contribution in [3.05, 3.63) is 58.4 Å². The molecule has 0 unspecified atom stereocenters. The quantitative estimate of drug-likeness (QED) is 0.641. The van der Waals surface area contributed by atoms with E-state index in [-0.39, 0.29) is 5.56 Å². The predicted octanol–water partition coefficient (Wildman–Crippen LogP) is 3.98. The number of nitrogens with zero attached hydrogens (tertiary/aromatic N) is 3. The van der Waals surface area contributed by atoms with E-state index in [2.05, 4.69) is 27.4 Å². The number of carboxylic acids is 1. The molecule has 1 aliphatic rings. The number of aromatic carboxylic acids is 1. The first-order valence-electron chi connectivity index (χ1n) is 9.69. The number of imidazole rings is 1. The van der Waals surface area contributed by atoms with Crippen LogP contribution < -0.4 is 4.90 Å². The summed E-state index contributed by atoms with van der Waals surface area (Å²) in [5.74, 6) is 0.292. The highest BCUT2D eigenvalue weighted by molar-refractivity contribution is 6.17. The third-order valence-electron chi connectivity index (χ3n) is 5.67. The first-order valence-corrected chi connectivity index (χ1v) is 10.2. The number of hydrogen-bond acceptors (Lipinski definition) is 4. The summed E-state index contributed by atoms with van der Waals surface area (Å²) in [6.07, 6.45) is 0. The average molecular weight is 414 g/mol. The molecule has 0 radical (unpaired) electrons. The molecule has 2 aromatic carbocycles. The fraction of sp³-hybridized carbons (Fsp3) is 0.364. The summed E-state index contributed by atoms with van der Waals surface area (Å²) in [4.78, 5) is 18.7. The van der Waals surface area contributed by atoms with Crippen LogP contribution in [0.25, 0.3) is 11.0 Å². The van der Waals surface area contributed by atoms with Crippen LogP contribution in [-0.2, 0) is 17.2 Å². The van der Waals surface area contributed by atoms with Crippen LogP contribution in [0.4, 0.5) is 5.69 Å². The van der Waals surface area contributed by atoms with Crippen LogP contribution in [-0.4, -0.2) is 46.9 Å². The summed E-state index contributed by atoms with van der Waals surface area (Å²) >= 11 is 6.07. The summed E-state index contributed by atoms with van der Waals surface area (Å²) in [6, 6.07) is 9.90. The number of morpholine rings is 1. The van der Waals surface area contributed by atoms with Gasteiger partial charge in [-0.25, -0.2) is 9.78 Å².